The highest BCUT2D eigenvalue weighted by molar-refractivity contribution is 7.91. The molecule has 3 aromatic carbocycles. The van der Waals surface area contributed by atoms with Crippen LogP contribution in [0, 0.1) is 0 Å². The van der Waals surface area contributed by atoms with E-state index in [1.165, 1.54) is 0 Å². The van der Waals surface area contributed by atoms with Gasteiger partial charge in [0, 0.05) is 24.1 Å². The molecular formula is C31H35N7O4S. The van der Waals surface area contributed by atoms with Gasteiger partial charge in [0.05, 0.1) is 18.3 Å². The summed E-state index contributed by atoms with van der Waals surface area (Å²) in [5, 5.41) is 29.8. The summed E-state index contributed by atoms with van der Waals surface area (Å²) >= 11 is -1.50. The smallest absolute Gasteiger partial charge is 0.254 e. The van der Waals surface area contributed by atoms with Crippen LogP contribution in [0.2, 0.25) is 0 Å². The number of tetrazole rings is 1. The van der Waals surface area contributed by atoms with Crippen molar-refractivity contribution >= 4 is 28.7 Å². The van der Waals surface area contributed by atoms with Crippen LogP contribution in [0.1, 0.15) is 32.8 Å². The number of hydrogen-bond donors (Lipinski definition) is 4. The SMILES string of the molecule is C[C@@H](O)CNC(C)(C)CC(=O)N[C@@H]1C[S+]([O-])c2ccccc2N(Cc2ccc(-c3ccccc3-c3nnn[nH]3)cc2)C1=O. The number of anilines is 1. The van der Waals surface area contributed by atoms with E-state index in [9.17, 15) is 19.2 Å². The number of aliphatic hydroxyl groups excluding tert-OH is 1. The highest BCUT2D eigenvalue weighted by atomic mass is 32.2. The maximum Gasteiger partial charge on any atom is 0.254 e. The Kier molecular flexibility index (Phi) is 9.21. The normalized spacial score (nSPS) is 17.7. The molecule has 1 aliphatic rings. The largest absolute Gasteiger partial charge is 0.611 e. The van der Waals surface area contributed by atoms with Crippen LogP contribution in [-0.2, 0) is 27.3 Å². The number of carbonyl (C=O) groups excluding carboxylic acids is 2. The summed E-state index contributed by atoms with van der Waals surface area (Å²) in [7, 11) is 0. The lowest BCUT2D eigenvalue weighted by Gasteiger charge is -2.28. The molecule has 2 amide bonds. The summed E-state index contributed by atoms with van der Waals surface area (Å²) in [5.74, 6) is -0.121. The van der Waals surface area contributed by atoms with Gasteiger partial charge in [-0.15, -0.1) is 5.10 Å². The number of carbonyl (C=O) groups is 2. The Labute approximate surface area is 253 Å². The van der Waals surface area contributed by atoms with Crippen molar-refractivity contribution in [3.8, 4) is 22.5 Å². The summed E-state index contributed by atoms with van der Waals surface area (Å²) in [6.07, 6.45) is -0.481. The van der Waals surface area contributed by atoms with Gasteiger partial charge >= 0.3 is 0 Å². The van der Waals surface area contributed by atoms with Crippen LogP contribution < -0.4 is 15.5 Å². The molecule has 5 rings (SSSR count). The van der Waals surface area contributed by atoms with Crippen LogP contribution in [0.3, 0.4) is 0 Å². The van der Waals surface area contributed by atoms with Crippen LogP contribution in [0.25, 0.3) is 22.5 Å². The van der Waals surface area contributed by atoms with E-state index in [2.05, 4.69) is 31.3 Å². The van der Waals surface area contributed by atoms with Gasteiger partial charge in [-0.1, -0.05) is 60.7 Å². The highest BCUT2D eigenvalue weighted by Crippen LogP contribution is 2.33. The van der Waals surface area contributed by atoms with E-state index in [1.807, 2.05) is 68.4 Å². The molecule has 3 atom stereocenters. The Morgan fingerprint density at radius 3 is 2.51 bits per heavy atom. The molecule has 1 aliphatic heterocycles. The molecule has 1 unspecified atom stereocenters. The number of aromatic amines is 1. The summed E-state index contributed by atoms with van der Waals surface area (Å²) < 4.78 is 13.4. The lowest BCUT2D eigenvalue weighted by Crippen LogP contribution is -2.53. The fourth-order valence-corrected chi connectivity index (χ4v) is 6.43. The Hall–Kier alpha value is -4.10. The number of rotatable bonds is 10. The first kappa shape index (κ1) is 30.4. The van der Waals surface area contributed by atoms with Crippen molar-refractivity contribution in [3.05, 3.63) is 78.4 Å². The van der Waals surface area contributed by atoms with Crippen LogP contribution >= 0.6 is 0 Å². The van der Waals surface area contributed by atoms with Gasteiger partial charge in [0.1, 0.15) is 5.75 Å². The molecule has 2 heterocycles. The second-order valence-corrected chi connectivity index (χ2v) is 12.8. The zero-order valence-electron chi connectivity index (χ0n) is 24.3. The van der Waals surface area contributed by atoms with Gasteiger partial charge in [0.2, 0.25) is 5.91 Å². The number of amides is 2. The Morgan fingerprint density at radius 2 is 1.81 bits per heavy atom. The Morgan fingerprint density at radius 1 is 1.12 bits per heavy atom. The number of fused-ring (bicyclic) bond motifs is 1. The number of para-hydroxylation sites is 1. The molecule has 0 radical (unpaired) electrons. The quantitative estimate of drug-likeness (QED) is 0.202. The molecule has 1 aromatic heterocycles. The lowest BCUT2D eigenvalue weighted by molar-refractivity contribution is -0.128. The van der Waals surface area contributed by atoms with Crippen molar-refractivity contribution in [2.45, 2.75) is 56.3 Å². The number of β-amino-alcohol motifs (C(OH)–C–C–N with tert-alkyl or cyclic N) is 1. The standard InChI is InChI=1S/C31H35N7O4S/c1-20(39)17-32-31(2,3)16-28(40)33-25-19-43(42)27-11-7-6-10-26(27)38(30(25)41)18-21-12-14-22(15-13-21)23-8-4-5-9-24(23)29-34-36-37-35-29/h4-15,20,25,32,39H,16-19H2,1-3H3,(H,33,40)(H,34,35,36,37)/t20-,25-,43?/m1/s1. The fourth-order valence-electron chi connectivity index (χ4n) is 5.08. The second-order valence-electron chi connectivity index (χ2n) is 11.3. The van der Waals surface area contributed by atoms with E-state index in [4.69, 9.17) is 0 Å². The zero-order valence-corrected chi connectivity index (χ0v) is 25.1. The molecule has 11 nitrogen and oxygen atoms in total. The molecular weight excluding hydrogens is 566 g/mol. The van der Waals surface area contributed by atoms with Crippen LogP contribution in [0.4, 0.5) is 5.69 Å². The van der Waals surface area contributed by atoms with Crippen molar-refractivity contribution in [1.82, 2.24) is 31.3 Å². The van der Waals surface area contributed by atoms with Gasteiger partial charge in [-0.2, -0.15) is 0 Å². The van der Waals surface area contributed by atoms with Crippen molar-refractivity contribution in [2.75, 3.05) is 17.2 Å². The molecule has 0 saturated carbocycles. The molecule has 12 heteroatoms. The van der Waals surface area contributed by atoms with Gasteiger partial charge in [-0.3, -0.25) is 9.59 Å². The van der Waals surface area contributed by atoms with Gasteiger partial charge in [-0.25, -0.2) is 5.10 Å². The molecule has 0 aliphatic carbocycles. The molecule has 224 valence electrons. The maximum absolute atomic E-state index is 13.9. The molecule has 43 heavy (non-hydrogen) atoms. The number of hydrogen-bond acceptors (Lipinski definition) is 8. The molecule has 4 N–H and O–H groups in total. The fraction of sp³-hybridized carbons (Fsp3) is 0.323. The number of H-pyrrole nitrogens is 1. The molecule has 0 bridgehead atoms. The summed E-state index contributed by atoms with van der Waals surface area (Å²) in [4.78, 5) is 29.2. The number of nitrogens with one attached hydrogen (secondary N) is 3. The Balaban J connectivity index is 1.37. The van der Waals surface area contributed by atoms with Gasteiger partial charge in [0.25, 0.3) is 5.91 Å². The third-order valence-electron chi connectivity index (χ3n) is 7.23. The van der Waals surface area contributed by atoms with Crippen molar-refractivity contribution < 1.29 is 19.2 Å². The summed E-state index contributed by atoms with van der Waals surface area (Å²) in [6.45, 7) is 5.94. The highest BCUT2D eigenvalue weighted by Gasteiger charge is 2.38. The third-order valence-corrected chi connectivity index (χ3v) is 8.70. The number of nitrogens with zero attached hydrogens (tertiary/aromatic N) is 4. The minimum atomic E-state index is -1.50. The van der Waals surface area contributed by atoms with Crippen LogP contribution in [-0.4, -0.2) is 72.1 Å². The van der Waals surface area contributed by atoms with Gasteiger partial charge < -0.3 is 25.2 Å². The minimum absolute atomic E-state index is 0.0220. The number of aliphatic hydroxyl groups is 1. The first-order valence-electron chi connectivity index (χ1n) is 14.0. The molecule has 0 saturated heterocycles. The topological polar surface area (TPSA) is 159 Å². The monoisotopic (exact) mass is 601 g/mol. The molecule has 0 spiro atoms. The number of aromatic nitrogens is 4. The van der Waals surface area contributed by atoms with Crippen LogP contribution in [0.15, 0.2) is 77.7 Å². The Bertz CT molecular complexity index is 1560. The average molecular weight is 602 g/mol. The van der Waals surface area contributed by atoms with Crippen molar-refractivity contribution in [2.24, 2.45) is 0 Å². The van der Waals surface area contributed by atoms with Crippen LogP contribution in [0.5, 0.6) is 0 Å². The van der Waals surface area contributed by atoms with E-state index in [0.29, 0.717) is 23.0 Å². The third kappa shape index (κ3) is 7.28. The maximum atomic E-state index is 13.9. The van der Waals surface area contributed by atoms with Crippen molar-refractivity contribution in [3.63, 3.8) is 0 Å². The zero-order chi connectivity index (χ0) is 30.6. The molecule has 4 aromatic rings. The minimum Gasteiger partial charge on any atom is -0.611 e. The van der Waals surface area contributed by atoms with E-state index < -0.39 is 28.9 Å². The van der Waals surface area contributed by atoms with E-state index in [0.717, 1.165) is 22.3 Å². The first-order chi connectivity index (χ1) is 20.6. The van der Waals surface area contributed by atoms with Crippen molar-refractivity contribution in [1.29, 1.82) is 0 Å². The summed E-state index contributed by atoms with van der Waals surface area (Å²) in [5.41, 5.74) is 3.59. The predicted molar refractivity (Wildman–Crippen MR) is 164 cm³/mol. The predicted octanol–water partition coefficient (Wildman–Crippen LogP) is 2.81. The lowest BCUT2D eigenvalue weighted by atomic mass is 9.98. The average Bonchev–Trinajstić information content (AvgIpc) is 3.51. The first-order valence-corrected chi connectivity index (χ1v) is 15.4. The summed E-state index contributed by atoms with van der Waals surface area (Å²) in [6, 6.07) is 21.8. The van der Waals surface area contributed by atoms with Gasteiger partial charge in [0.15, 0.2) is 16.8 Å². The second kappa shape index (κ2) is 13.0. The molecule has 0 fully saturated rings. The van der Waals surface area contributed by atoms with E-state index in [-0.39, 0.29) is 30.5 Å². The van der Waals surface area contributed by atoms with E-state index >= 15 is 0 Å². The van der Waals surface area contributed by atoms with Gasteiger partial charge in [-0.05, 0) is 71.2 Å². The van der Waals surface area contributed by atoms with E-state index in [1.54, 1.807) is 30.0 Å². The number of benzene rings is 3.